The van der Waals surface area contributed by atoms with Crippen LogP contribution in [0.25, 0.3) is 0 Å². The van der Waals surface area contributed by atoms with Crippen LogP contribution in [-0.2, 0) is 22.9 Å². The predicted molar refractivity (Wildman–Crippen MR) is 145 cm³/mol. The molecule has 0 saturated carbocycles. The minimum Gasteiger partial charge on any atom is -0.497 e. The fourth-order valence-corrected chi connectivity index (χ4v) is 4.59. The van der Waals surface area contributed by atoms with Gasteiger partial charge in [0.15, 0.2) is 22.5 Å². The number of nitrogens with zero attached hydrogens (tertiary/aromatic N) is 5. The van der Waals surface area contributed by atoms with E-state index >= 15 is 0 Å². The van der Waals surface area contributed by atoms with Crippen molar-refractivity contribution >= 4 is 33.1 Å². The fraction of sp³-hybridized carbons (Fsp3) is 0.269. The van der Waals surface area contributed by atoms with Crippen molar-refractivity contribution in [3.05, 3.63) is 76.6 Å². The Hall–Kier alpha value is -3.83. The number of hydrogen-bond acceptors (Lipinski definition) is 9. The van der Waals surface area contributed by atoms with Crippen molar-refractivity contribution in [1.82, 2.24) is 19.7 Å². The van der Waals surface area contributed by atoms with E-state index in [0.29, 0.717) is 18.1 Å². The van der Waals surface area contributed by atoms with Gasteiger partial charge in [-0.1, -0.05) is 35.9 Å². The molecule has 10 nitrogen and oxygen atoms in total. The molecule has 38 heavy (non-hydrogen) atoms. The lowest BCUT2D eigenvalue weighted by atomic mass is 10.2. The van der Waals surface area contributed by atoms with E-state index in [1.165, 1.54) is 7.11 Å². The van der Waals surface area contributed by atoms with Crippen LogP contribution >= 0.6 is 11.6 Å². The van der Waals surface area contributed by atoms with E-state index in [2.05, 4.69) is 9.97 Å². The Balaban J connectivity index is 1.81. The van der Waals surface area contributed by atoms with Gasteiger partial charge < -0.3 is 19.1 Å². The van der Waals surface area contributed by atoms with Crippen molar-refractivity contribution in [2.75, 3.05) is 32.5 Å². The summed E-state index contributed by atoms with van der Waals surface area (Å²) >= 11 is 6.36. The number of methoxy groups -OCH3 is 3. The van der Waals surface area contributed by atoms with Crippen molar-refractivity contribution in [2.45, 2.75) is 25.2 Å². The van der Waals surface area contributed by atoms with E-state index in [0.717, 1.165) is 28.8 Å². The predicted octanol–water partition coefficient (Wildman–Crippen LogP) is 4.45. The average molecular weight is 558 g/mol. The van der Waals surface area contributed by atoms with E-state index in [9.17, 15) is 8.42 Å². The first-order valence-electron chi connectivity index (χ1n) is 11.5. The molecule has 0 aliphatic carbocycles. The third-order valence-electron chi connectivity index (χ3n) is 5.81. The van der Waals surface area contributed by atoms with Gasteiger partial charge in [0.1, 0.15) is 11.5 Å². The van der Waals surface area contributed by atoms with Crippen LogP contribution in [0.3, 0.4) is 0 Å². The Morgan fingerprint density at radius 3 is 2.00 bits per heavy atom. The van der Waals surface area contributed by atoms with E-state index in [-0.39, 0.29) is 23.3 Å². The van der Waals surface area contributed by atoms with Gasteiger partial charge in [0.2, 0.25) is 15.0 Å². The molecule has 0 aliphatic rings. The normalized spacial score (nSPS) is 11.3. The summed E-state index contributed by atoms with van der Waals surface area (Å²) in [5, 5.41) is 4.30. The van der Waals surface area contributed by atoms with Gasteiger partial charge in [-0.15, -0.1) is 0 Å². The van der Waals surface area contributed by atoms with Crippen molar-refractivity contribution < 1.29 is 22.6 Å². The quantitative estimate of drug-likeness (QED) is 0.206. The Bertz CT molecular complexity index is 1520. The molecule has 2 heterocycles. The molecule has 0 bridgehead atoms. The molecule has 0 fully saturated rings. The maximum atomic E-state index is 12.3. The van der Waals surface area contributed by atoms with Gasteiger partial charge in [-0.25, -0.2) is 13.4 Å². The monoisotopic (exact) mass is 557 g/mol. The second-order valence-corrected chi connectivity index (χ2v) is 10.8. The minimum atomic E-state index is -3.76. The lowest BCUT2D eigenvalue weighted by molar-refractivity contribution is 0.409. The van der Waals surface area contributed by atoms with E-state index < -0.39 is 15.0 Å². The maximum Gasteiger partial charge on any atom is 0.250 e. The molecule has 0 amide bonds. The molecule has 12 heteroatoms. The highest BCUT2D eigenvalue weighted by Crippen LogP contribution is 2.38. The summed E-state index contributed by atoms with van der Waals surface area (Å²) in [6.45, 7) is 2.75. The molecule has 2 aromatic carbocycles. The second kappa shape index (κ2) is 11.3. The fourth-order valence-electron chi connectivity index (χ4n) is 3.78. The summed E-state index contributed by atoms with van der Waals surface area (Å²) in [5.41, 5.74) is 2.82. The average Bonchev–Trinajstić information content (AvgIpc) is 3.26. The number of benzene rings is 2. The number of ether oxygens (including phenoxy) is 3. The van der Waals surface area contributed by atoms with Crippen LogP contribution in [0.15, 0.2) is 59.8 Å². The van der Waals surface area contributed by atoms with Crippen LogP contribution in [0.2, 0.25) is 5.15 Å². The summed E-state index contributed by atoms with van der Waals surface area (Å²) in [6.07, 6.45) is 1.02. The molecule has 200 valence electrons. The molecular weight excluding hydrogens is 530 g/mol. The van der Waals surface area contributed by atoms with Gasteiger partial charge in [-0.2, -0.15) is 10.1 Å². The van der Waals surface area contributed by atoms with Crippen molar-refractivity contribution in [1.29, 1.82) is 0 Å². The van der Waals surface area contributed by atoms with Crippen LogP contribution < -0.4 is 19.1 Å². The highest BCUT2D eigenvalue weighted by atomic mass is 35.5. The maximum absolute atomic E-state index is 12.3. The highest BCUT2D eigenvalue weighted by Gasteiger charge is 2.26. The Labute approximate surface area is 226 Å². The number of aromatic nitrogens is 4. The van der Waals surface area contributed by atoms with Crippen LogP contribution in [-0.4, -0.2) is 55.8 Å². The van der Waals surface area contributed by atoms with Crippen LogP contribution in [0.1, 0.15) is 16.8 Å². The number of rotatable bonds is 10. The third kappa shape index (κ3) is 6.00. The lowest BCUT2D eigenvalue weighted by Gasteiger charge is -2.24. The first-order valence-corrected chi connectivity index (χ1v) is 13.8. The van der Waals surface area contributed by atoms with Crippen molar-refractivity contribution in [3.63, 3.8) is 0 Å². The Morgan fingerprint density at radius 1 is 0.895 bits per heavy atom. The van der Waals surface area contributed by atoms with Crippen molar-refractivity contribution in [2.24, 2.45) is 0 Å². The Kier molecular flexibility index (Phi) is 8.08. The number of halogens is 1. The molecule has 0 aliphatic heterocycles. The first-order chi connectivity index (χ1) is 18.1. The number of aryl methyl sites for hydroxylation is 1. The zero-order chi connectivity index (χ0) is 27.4. The van der Waals surface area contributed by atoms with Crippen molar-refractivity contribution in [3.8, 4) is 17.2 Å². The van der Waals surface area contributed by atoms with Gasteiger partial charge in [-0.05, 0) is 42.3 Å². The molecule has 0 radical (unpaired) electrons. The van der Waals surface area contributed by atoms with Gasteiger partial charge in [0.05, 0.1) is 34.4 Å². The number of sulfone groups is 1. The summed E-state index contributed by atoms with van der Waals surface area (Å²) in [7, 11) is 0.884. The van der Waals surface area contributed by atoms with Crippen LogP contribution in [0, 0.1) is 6.92 Å². The zero-order valence-electron chi connectivity index (χ0n) is 21.7. The smallest absolute Gasteiger partial charge is 0.250 e. The molecule has 4 rings (SSSR count). The molecule has 0 N–H and O–H groups in total. The topological polar surface area (TPSA) is 109 Å². The second-order valence-electron chi connectivity index (χ2n) is 8.51. The van der Waals surface area contributed by atoms with Gasteiger partial charge in [0, 0.05) is 18.0 Å². The van der Waals surface area contributed by atoms with E-state index in [1.54, 1.807) is 19.1 Å². The van der Waals surface area contributed by atoms with E-state index in [4.69, 9.17) is 30.9 Å². The summed E-state index contributed by atoms with van der Waals surface area (Å²) in [6, 6.07) is 17.1. The molecule has 0 atom stereocenters. The zero-order valence-corrected chi connectivity index (χ0v) is 23.2. The molecular formula is C26H28ClN5O5S. The van der Waals surface area contributed by atoms with Gasteiger partial charge in [0.25, 0.3) is 0 Å². The molecule has 0 spiro atoms. The highest BCUT2D eigenvalue weighted by molar-refractivity contribution is 7.90. The third-order valence-corrected chi connectivity index (χ3v) is 6.92. The number of anilines is 2. The van der Waals surface area contributed by atoms with Crippen LogP contribution in [0.5, 0.6) is 17.2 Å². The SMILES string of the molecule is COc1ccc(CN(c2cc(C)n(Cc3ccc(OC)cc3)n2)c2nc(S(C)(=O)=O)nc(Cl)c2OC)cc1. The first kappa shape index (κ1) is 27.2. The molecule has 4 aromatic rings. The molecule has 2 aromatic heterocycles. The lowest BCUT2D eigenvalue weighted by Crippen LogP contribution is -2.21. The molecule has 0 saturated heterocycles. The number of hydrogen-bond donors (Lipinski definition) is 0. The Morgan fingerprint density at radius 2 is 1.47 bits per heavy atom. The minimum absolute atomic E-state index is 0.118. The summed E-state index contributed by atoms with van der Waals surface area (Å²) < 4.78 is 42.6. The summed E-state index contributed by atoms with van der Waals surface area (Å²) in [5.74, 6) is 2.32. The van der Waals surface area contributed by atoms with Gasteiger partial charge in [-0.3, -0.25) is 4.68 Å². The standard InChI is InChI=1S/C26H28ClN5O5S/c1-17-14-22(30-32(17)16-19-8-12-21(36-3)13-9-19)31(15-18-6-10-20(35-2)11-7-18)25-23(37-4)24(27)28-26(29-25)38(5,33)34/h6-14H,15-16H2,1-5H3. The van der Waals surface area contributed by atoms with Crippen LogP contribution in [0.4, 0.5) is 11.6 Å². The molecule has 0 unspecified atom stereocenters. The summed E-state index contributed by atoms with van der Waals surface area (Å²) in [4.78, 5) is 10.0. The van der Waals surface area contributed by atoms with E-state index in [1.807, 2.05) is 66.2 Å². The largest absolute Gasteiger partial charge is 0.497 e. The van der Waals surface area contributed by atoms with Gasteiger partial charge >= 0.3 is 0 Å².